The maximum atomic E-state index is 14.6. The van der Waals surface area contributed by atoms with Crippen LogP contribution in [0.3, 0.4) is 0 Å². The second-order valence-corrected chi connectivity index (χ2v) is 10.9. The number of phenolic OH excluding ortho intramolecular Hbond substituents is 1. The van der Waals surface area contributed by atoms with E-state index in [0.717, 1.165) is 0 Å². The van der Waals surface area contributed by atoms with Crippen LogP contribution >= 0.6 is 0 Å². The fourth-order valence-electron chi connectivity index (χ4n) is 5.69. The Labute approximate surface area is 272 Å². The first-order valence-electron chi connectivity index (χ1n) is 15.0. The molecule has 12 heteroatoms. The number of amides is 2. The zero-order valence-electron chi connectivity index (χ0n) is 26.3. The second-order valence-electron chi connectivity index (χ2n) is 10.9. The van der Waals surface area contributed by atoms with Crippen LogP contribution in [-0.4, -0.2) is 72.8 Å². The number of unbranched alkanes of at least 4 members (excludes halogenated alkanes) is 1. The predicted octanol–water partition coefficient (Wildman–Crippen LogP) is 3.32. The molecule has 1 heterocycles. The monoisotopic (exact) mass is 646 g/mol. The van der Waals surface area contributed by atoms with Gasteiger partial charge in [-0.25, -0.2) is 4.79 Å². The SMILES string of the molecule is COc1cc(OC)c2c(c1)OC(C(=O)O)(c1ccc(O)cc1)C(c1ccccc1)C(C(=O)NCCCCNC(=O)C(C)=CCO)C2=O. The van der Waals surface area contributed by atoms with E-state index in [1.807, 2.05) is 0 Å². The minimum absolute atomic E-state index is 0.0298. The molecular formula is C35H38N2O10. The van der Waals surface area contributed by atoms with Crippen molar-refractivity contribution < 1.29 is 48.7 Å². The van der Waals surface area contributed by atoms with Crippen LogP contribution in [-0.2, 0) is 20.0 Å². The lowest BCUT2D eigenvalue weighted by Gasteiger charge is -2.39. The molecule has 3 aromatic carbocycles. The molecule has 1 aliphatic rings. The quantitative estimate of drug-likeness (QED) is 0.105. The van der Waals surface area contributed by atoms with Gasteiger partial charge in [0, 0.05) is 36.4 Å². The summed E-state index contributed by atoms with van der Waals surface area (Å²) in [5.41, 5.74) is -1.65. The number of carboxylic acids is 1. The number of nitrogens with one attached hydrogen (secondary N) is 2. The number of ether oxygens (including phenoxy) is 3. The van der Waals surface area contributed by atoms with E-state index in [-0.39, 0.29) is 53.2 Å². The number of benzene rings is 3. The van der Waals surface area contributed by atoms with Gasteiger partial charge in [0.25, 0.3) is 0 Å². The Bertz CT molecular complexity index is 1640. The van der Waals surface area contributed by atoms with Crippen molar-refractivity contribution in [2.24, 2.45) is 5.92 Å². The summed E-state index contributed by atoms with van der Waals surface area (Å²) in [6.45, 7) is 1.77. The number of hydrogen-bond acceptors (Lipinski definition) is 9. The Hall–Kier alpha value is -5.36. The highest BCUT2D eigenvalue weighted by Gasteiger charge is 2.60. The summed E-state index contributed by atoms with van der Waals surface area (Å²) in [6.07, 6.45) is 2.32. The van der Waals surface area contributed by atoms with Gasteiger partial charge in [0.2, 0.25) is 17.4 Å². The average molecular weight is 647 g/mol. The molecular weight excluding hydrogens is 608 g/mol. The fourth-order valence-corrected chi connectivity index (χ4v) is 5.69. The molecule has 47 heavy (non-hydrogen) atoms. The smallest absolute Gasteiger partial charge is 0.353 e. The lowest BCUT2D eigenvalue weighted by atomic mass is 9.68. The summed E-state index contributed by atoms with van der Waals surface area (Å²) < 4.78 is 17.4. The van der Waals surface area contributed by atoms with Crippen LogP contribution in [0.15, 0.2) is 78.4 Å². The van der Waals surface area contributed by atoms with E-state index in [1.165, 1.54) is 56.7 Å². The van der Waals surface area contributed by atoms with E-state index in [2.05, 4.69) is 10.6 Å². The second kappa shape index (κ2) is 15.3. The largest absolute Gasteiger partial charge is 0.508 e. The molecule has 0 aliphatic carbocycles. The number of aromatic hydroxyl groups is 1. The number of carbonyl (C=O) groups excluding carboxylic acids is 3. The Kier molecular flexibility index (Phi) is 11.2. The number of fused-ring (bicyclic) bond motifs is 1. The number of aliphatic hydroxyl groups excluding tert-OH is 1. The van der Waals surface area contributed by atoms with Crippen molar-refractivity contribution in [2.45, 2.75) is 31.3 Å². The average Bonchev–Trinajstić information content (AvgIpc) is 3.19. The minimum Gasteiger partial charge on any atom is -0.508 e. The van der Waals surface area contributed by atoms with Gasteiger partial charge in [0.15, 0.2) is 5.78 Å². The van der Waals surface area contributed by atoms with E-state index >= 15 is 0 Å². The topological polar surface area (TPSA) is 181 Å². The molecule has 0 bridgehead atoms. The highest BCUT2D eigenvalue weighted by molar-refractivity contribution is 6.15. The molecule has 0 saturated heterocycles. The molecule has 2 amide bonds. The molecule has 0 radical (unpaired) electrons. The summed E-state index contributed by atoms with van der Waals surface area (Å²) in [6, 6.07) is 16.5. The van der Waals surface area contributed by atoms with E-state index < -0.39 is 35.1 Å². The normalized spacial score (nSPS) is 19.1. The van der Waals surface area contributed by atoms with E-state index in [9.17, 15) is 29.4 Å². The van der Waals surface area contributed by atoms with Crippen molar-refractivity contribution >= 4 is 23.6 Å². The molecule has 4 rings (SSSR count). The van der Waals surface area contributed by atoms with Gasteiger partial charge in [0.05, 0.1) is 26.7 Å². The first-order valence-corrected chi connectivity index (χ1v) is 15.0. The lowest BCUT2D eigenvalue weighted by molar-refractivity contribution is -0.160. The van der Waals surface area contributed by atoms with Crippen LogP contribution in [0.2, 0.25) is 0 Å². The Balaban J connectivity index is 1.80. The first-order chi connectivity index (χ1) is 22.6. The number of phenols is 1. The third-order valence-electron chi connectivity index (χ3n) is 8.07. The molecule has 0 aromatic heterocycles. The predicted molar refractivity (Wildman–Crippen MR) is 171 cm³/mol. The molecule has 12 nitrogen and oxygen atoms in total. The molecule has 0 saturated carbocycles. The Morgan fingerprint density at radius 3 is 2.21 bits per heavy atom. The highest BCUT2D eigenvalue weighted by atomic mass is 16.5. The van der Waals surface area contributed by atoms with E-state index in [1.54, 1.807) is 37.3 Å². The molecule has 3 atom stereocenters. The van der Waals surface area contributed by atoms with Crippen LogP contribution in [0.1, 0.15) is 47.2 Å². The van der Waals surface area contributed by atoms with Crippen LogP contribution in [0.25, 0.3) is 0 Å². The van der Waals surface area contributed by atoms with Gasteiger partial charge in [0.1, 0.15) is 34.5 Å². The van der Waals surface area contributed by atoms with Crippen LogP contribution < -0.4 is 24.8 Å². The van der Waals surface area contributed by atoms with Crippen LogP contribution in [0.4, 0.5) is 0 Å². The maximum Gasteiger partial charge on any atom is 0.353 e. The van der Waals surface area contributed by atoms with Gasteiger partial charge in [-0.05, 0) is 37.5 Å². The van der Waals surface area contributed by atoms with Crippen molar-refractivity contribution in [3.05, 3.63) is 95.1 Å². The Morgan fingerprint density at radius 1 is 0.957 bits per heavy atom. The molecule has 3 unspecified atom stereocenters. The standard InChI is InChI=1S/C35H38N2O10/c1-21(15-18-38)32(41)36-16-7-8-17-37-33(42)29-30(22-9-5-4-6-10-22)35(34(43)44,23-11-13-24(39)14-12-23)47-27-20-25(45-2)19-26(46-3)28(27)31(29)40/h4-6,9-15,19-20,29-30,38-39H,7-8,16-18H2,1-3H3,(H,36,41)(H,37,42)(H,43,44). The number of carboxylic acid groups (broad SMARTS) is 1. The van der Waals surface area contributed by atoms with E-state index in [0.29, 0.717) is 30.5 Å². The molecule has 0 spiro atoms. The van der Waals surface area contributed by atoms with Gasteiger partial charge in [-0.15, -0.1) is 0 Å². The summed E-state index contributed by atoms with van der Waals surface area (Å²) >= 11 is 0. The fraction of sp³-hybridized carbons (Fsp3) is 0.314. The number of hydrogen-bond donors (Lipinski definition) is 5. The number of aliphatic carboxylic acids is 1. The van der Waals surface area contributed by atoms with Gasteiger partial charge in [-0.2, -0.15) is 0 Å². The first kappa shape index (κ1) is 34.5. The maximum absolute atomic E-state index is 14.6. The molecule has 0 fully saturated rings. The van der Waals surface area contributed by atoms with Crippen molar-refractivity contribution in [1.82, 2.24) is 10.6 Å². The third-order valence-corrected chi connectivity index (χ3v) is 8.07. The van der Waals surface area contributed by atoms with Crippen molar-refractivity contribution in [3.8, 4) is 23.0 Å². The molecule has 3 aromatic rings. The number of ketones is 1. The number of rotatable bonds is 13. The number of methoxy groups -OCH3 is 2. The van der Waals surface area contributed by atoms with Crippen molar-refractivity contribution in [2.75, 3.05) is 33.9 Å². The summed E-state index contributed by atoms with van der Waals surface area (Å²) in [7, 11) is 2.73. The van der Waals surface area contributed by atoms with Gasteiger partial charge < -0.3 is 40.2 Å². The van der Waals surface area contributed by atoms with Crippen LogP contribution in [0, 0.1) is 5.92 Å². The summed E-state index contributed by atoms with van der Waals surface area (Å²) in [5.74, 6) is -6.27. The zero-order valence-corrected chi connectivity index (χ0v) is 26.3. The Morgan fingerprint density at radius 2 is 1.62 bits per heavy atom. The van der Waals surface area contributed by atoms with Crippen molar-refractivity contribution in [1.29, 1.82) is 0 Å². The molecule has 1 aliphatic heterocycles. The molecule has 5 N–H and O–H groups in total. The minimum atomic E-state index is -2.35. The highest BCUT2D eigenvalue weighted by Crippen LogP contribution is 2.52. The van der Waals surface area contributed by atoms with E-state index in [4.69, 9.17) is 19.3 Å². The number of Topliss-reactive ketones (excluding diaryl/α,β-unsaturated/α-hetero) is 1. The van der Waals surface area contributed by atoms with Gasteiger partial charge in [-0.1, -0.05) is 48.5 Å². The van der Waals surface area contributed by atoms with Gasteiger partial charge >= 0.3 is 5.97 Å². The van der Waals surface area contributed by atoms with Crippen LogP contribution in [0.5, 0.6) is 23.0 Å². The summed E-state index contributed by atoms with van der Waals surface area (Å²) in [4.78, 5) is 54.5. The lowest BCUT2D eigenvalue weighted by Crippen LogP contribution is -2.52. The van der Waals surface area contributed by atoms with Crippen molar-refractivity contribution in [3.63, 3.8) is 0 Å². The number of carbonyl (C=O) groups is 4. The third kappa shape index (κ3) is 7.23. The molecule has 248 valence electrons. The zero-order chi connectivity index (χ0) is 34.1. The number of aliphatic hydroxyl groups is 1. The van der Waals surface area contributed by atoms with Gasteiger partial charge in [-0.3, -0.25) is 14.4 Å². The summed E-state index contributed by atoms with van der Waals surface area (Å²) in [5, 5.41) is 35.6.